The van der Waals surface area contributed by atoms with Crippen molar-refractivity contribution in [1.29, 1.82) is 0 Å². The molecule has 0 bridgehead atoms. The van der Waals surface area contributed by atoms with Crippen LogP contribution in [0.2, 0.25) is 5.02 Å². The van der Waals surface area contributed by atoms with Crippen LogP contribution in [0.25, 0.3) is 0 Å². The van der Waals surface area contributed by atoms with Gasteiger partial charge in [-0.25, -0.2) is 0 Å². The number of halogens is 1. The highest BCUT2D eigenvalue weighted by Gasteiger charge is 2.36. The summed E-state index contributed by atoms with van der Waals surface area (Å²) < 4.78 is 5.27. The Bertz CT molecular complexity index is 873. The maximum absolute atomic E-state index is 12.4. The molecule has 0 radical (unpaired) electrons. The monoisotopic (exact) mass is 387 g/mol. The summed E-state index contributed by atoms with van der Waals surface area (Å²) in [5, 5.41) is 0.460. The fourth-order valence-corrected chi connectivity index (χ4v) is 3.04. The molecule has 1 saturated heterocycles. The van der Waals surface area contributed by atoms with E-state index in [1.165, 1.54) is 12.0 Å². The summed E-state index contributed by atoms with van der Waals surface area (Å²) in [5.74, 6) is -1.19. The summed E-state index contributed by atoms with van der Waals surface area (Å²) in [5.41, 5.74) is 5.68. The molecule has 2 aromatic rings. The number of carbonyl (C=O) groups is 3. The zero-order chi connectivity index (χ0) is 19.4. The van der Waals surface area contributed by atoms with Crippen LogP contribution in [0, 0.1) is 5.92 Å². The number of nitrogens with zero attached hydrogens (tertiary/aromatic N) is 1. The number of hydrogen-bond acceptors (Lipinski definition) is 4. The fourth-order valence-electron chi connectivity index (χ4n) is 2.87. The lowest BCUT2D eigenvalue weighted by atomic mass is 10.1. The molecule has 3 rings (SSSR count). The SMILES string of the molecule is COc1ccc(Cl)cc1N1C[C@H](C(=O)NNC(=O)c2ccccc2)CC1=O. The van der Waals surface area contributed by atoms with Crippen LogP contribution in [0.1, 0.15) is 16.8 Å². The quantitative estimate of drug-likeness (QED) is 0.787. The lowest BCUT2D eigenvalue weighted by Gasteiger charge is -2.20. The van der Waals surface area contributed by atoms with Crippen molar-refractivity contribution < 1.29 is 19.1 Å². The normalized spacial score (nSPS) is 16.1. The van der Waals surface area contributed by atoms with Gasteiger partial charge in [-0.15, -0.1) is 0 Å². The van der Waals surface area contributed by atoms with Crippen LogP contribution in [0.3, 0.4) is 0 Å². The molecular formula is C19H18ClN3O4. The molecular weight excluding hydrogens is 370 g/mol. The predicted molar refractivity (Wildman–Crippen MR) is 101 cm³/mol. The van der Waals surface area contributed by atoms with Gasteiger partial charge in [-0.2, -0.15) is 0 Å². The minimum atomic E-state index is -0.600. The lowest BCUT2D eigenvalue weighted by Crippen LogP contribution is -2.45. The largest absolute Gasteiger partial charge is 0.495 e. The Morgan fingerprint density at radius 2 is 1.89 bits per heavy atom. The Morgan fingerprint density at radius 1 is 1.15 bits per heavy atom. The fraction of sp³-hybridized carbons (Fsp3) is 0.211. The number of anilines is 1. The molecule has 0 aliphatic carbocycles. The van der Waals surface area contributed by atoms with E-state index in [-0.39, 0.29) is 18.9 Å². The first-order valence-corrected chi connectivity index (χ1v) is 8.66. The number of hydrogen-bond donors (Lipinski definition) is 2. The van der Waals surface area contributed by atoms with Crippen molar-refractivity contribution in [1.82, 2.24) is 10.9 Å². The van der Waals surface area contributed by atoms with Gasteiger partial charge in [0.05, 0.1) is 18.7 Å². The van der Waals surface area contributed by atoms with Crippen molar-refractivity contribution in [2.45, 2.75) is 6.42 Å². The van der Waals surface area contributed by atoms with E-state index in [1.807, 2.05) is 0 Å². The molecule has 3 amide bonds. The van der Waals surface area contributed by atoms with Crippen molar-refractivity contribution in [3.63, 3.8) is 0 Å². The molecule has 27 heavy (non-hydrogen) atoms. The van der Waals surface area contributed by atoms with E-state index >= 15 is 0 Å². The third kappa shape index (κ3) is 4.20. The summed E-state index contributed by atoms with van der Waals surface area (Å²) in [4.78, 5) is 38.2. The Balaban J connectivity index is 1.64. The van der Waals surface area contributed by atoms with Crippen LogP contribution in [0.4, 0.5) is 5.69 Å². The maximum Gasteiger partial charge on any atom is 0.269 e. The van der Waals surface area contributed by atoms with Gasteiger partial charge in [0, 0.05) is 23.6 Å². The van der Waals surface area contributed by atoms with Gasteiger partial charge in [0.25, 0.3) is 5.91 Å². The number of nitrogens with one attached hydrogen (secondary N) is 2. The zero-order valence-electron chi connectivity index (χ0n) is 14.6. The van der Waals surface area contributed by atoms with Gasteiger partial charge in [0.1, 0.15) is 5.75 Å². The van der Waals surface area contributed by atoms with Crippen molar-refractivity contribution >= 4 is 35.0 Å². The topological polar surface area (TPSA) is 87.7 Å². The van der Waals surface area contributed by atoms with E-state index < -0.39 is 17.7 Å². The van der Waals surface area contributed by atoms with Gasteiger partial charge < -0.3 is 9.64 Å². The molecule has 0 unspecified atom stereocenters. The number of benzene rings is 2. The van der Waals surface area contributed by atoms with Crippen LogP contribution < -0.4 is 20.5 Å². The first-order valence-electron chi connectivity index (χ1n) is 8.28. The molecule has 2 aromatic carbocycles. The highest BCUT2D eigenvalue weighted by Crippen LogP contribution is 2.35. The minimum Gasteiger partial charge on any atom is -0.495 e. The van der Waals surface area contributed by atoms with Gasteiger partial charge in [0.15, 0.2) is 0 Å². The summed E-state index contributed by atoms with van der Waals surface area (Å²) >= 11 is 6.02. The highest BCUT2D eigenvalue weighted by atomic mass is 35.5. The Kier molecular flexibility index (Phi) is 5.61. The first kappa shape index (κ1) is 18.7. The number of amides is 3. The second-order valence-corrected chi connectivity index (χ2v) is 6.47. The maximum atomic E-state index is 12.4. The molecule has 140 valence electrons. The molecule has 1 heterocycles. The molecule has 0 saturated carbocycles. The van der Waals surface area contributed by atoms with E-state index in [9.17, 15) is 14.4 Å². The number of carbonyl (C=O) groups excluding carboxylic acids is 3. The highest BCUT2D eigenvalue weighted by molar-refractivity contribution is 6.31. The van der Waals surface area contributed by atoms with Crippen molar-refractivity contribution in [3.8, 4) is 5.75 Å². The third-order valence-corrected chi connectivity index (χ3v) is 4.50. The minimum absolute atomic E-state index is 0.0305. The average Bonchev–Trinajstić information content (AvgIpc) is 3.08. The van der Waals surface area contributed by atoms with E-state index in [0.717, 1.165) is 0 Å². The van der Waals surface area contributed by atoms with Crippen LogP contribution in [0.5, 0.6) is 5.75 Å². The zero-order valence-corrected chi connectivity index (χ0v) is 15.3. The van der Waals surface area contributed by atoms with Gasteiger partial charge >= 0.3 is 0 Å². The second kappa shape index (κ2) is 8.09. The Hall–Kier alpha value is -3.06. The smallest absolute Gasteiger partial charge is 0.269 e. The predicted octanol–water partition coefficient (Wildman–Crippen LogP) is 2.16. The average molecular weight is 388 g/mol. The molecule has 1 atom stereocenters. The molecule has 1 aliphatic heterocycles. The van der Waals surface area contributed by atoms with E-state index in [0.29, 0.717) is 22.0 Å². The Labute approximate surface area is 161 Å². The van der Waals surface area contributed by atoms with E-state index in [4.69, 9.17) is 16.3 Å². The number of methoxy groups -OCH3 is 1. The van der Waals surface area contributed by atoms with Crippen molar-refractivity contribution in [2.75, 3.05) is 18.6 Å². The van der Waals surface area contributed by atoms with E-state index in [2.05, 4.69) is 10.9 Å². The van der Waals surface area contributed by atoms with Crippen LogP contribution >= 0.6 is 11.6 Å². The summed E-state index contributed by atoms with van der Waals surface area (Å²) in [6.45, 7) is 0.169. The number of ether oxygens (including phenoxy) is 1. The summed E-state index contributed by atoms with van der Waals surface area (Å²) in [7, 11) is 1.50. The summed E-state index contributed by atoms with van der Waals surface area (Å²) in [6, 6.07) is 13.5. The Morgan fingerprint density at radius 3 is 2.59 bits per heavy atom. The van der Waals surface area contributed by atoms with E-state index in [1.54, 1.807) is 48.5 Å². The van der Waals surface area contributed by atoms with Crippen LogP contribution in [0.15, 0.2) is 48.5 Å². The second-order valence-electron chi connectivity index (χ2n) is 6.03. The molecule has 0 aromatic heterocycles. The first-order chi connectivity index (χ1) is 13.0. The van der Waals surface area contributed by atoms with Crippen LogP contribution in [-0.2, 0) is 9.59 Å². The molecule has 1 fully saturated rings. The van der Waals surface area contributed by atoms with Gasteiger partial charge in [0.2, 0.25) is 11.8 Å². The third-order valence-electron chi connectivity index (χ3n) is 4.26. The molecule has 2 N–H and O–H groups in total. The van der Waals surface area contributed by atoms with Crippen molar-refractivity contribution in [2.24, 2.45) is 5.92 Å². The number of rotatable bonds is 4. The molecule has 1 aliphatic rings. The lowest BCUT2D eigenvalue weighted by molar-refractivity contribution is -0.126. The van der Waals surface area contributed by atoms with Gasteiger partial charge in [-0.3, -0.25) is 25.2 Å². The van der Waals surface area contributed by atoms with Crippen molar-refractivity contribution in [3.05, 3.63) is 59.1 Å². The summed E-state index contributed by atoms with van der Waals surface area (Å²) in [6.07, 6.45) is 0.0305. The molecule has 8 heteroatoms. The van der Waals surface area contributed by atoms with Crippen LogP contribution in [-0.4, -0.2) is 31.4 Å². The molecule has 7 nitrogen and oxygen atoms in total. The number of hydrazine groups is 1. The molecule has 0 spiro atoms. The van der Waals surface area contributed by atoms with Gasteiger partial charge in [-0.1, -0.05) is 29.8 Å². The standard InChI is InChI=1S/C19H18ClN3O4/c1-27-16-8-7-14(20)10-15(16)23-11-13(9-17(23)24)19(26)22-21-18(25)12-5-3-2-4-6-12/h2-8,10,13H,9,11H2,1H3,(H,21,25)(H,22,26)/t13-/m1/s1. The van der Waals surface area contributed by atoms with Gasteiger partial charge in [-0.05, 0) is 30.3 Å².